The van der Waals surface area contributed by atoms with E-state index in [2.05, 4.69) is 91.8 Å². The van der Waals surface area contributed by atoms with Crippen LogP contribution in [0.4, 0.5) is 5.69 Å². The maximum Gasteiger partial charge on any atom is 0.0691 e. The van der Waals surface area contributed by atoms with Gasteiger partial charge in [0.2, 0.25) is 0 Å². The van der Waals surface area contributed by atoms with Crippen LogP contribution >= 0.6 is 0 Å². The van der Waals surface area contributed by atoms with Crippen LogP contribution < -0.4 is 0 Å². The Morgan fingerprint density at radius 3 is 1.85 bits per heavy atom. The van der Waals surface area contributed by atoms with Gasteiger partial charge in [-0.1, -0.05) is 53.1 Å². The molecular formula is C26H31N. The Morgan fingerprint density at radius 1 is 0.778 bits per heavy atom. The molecule has 0 atom stereocenters. The number of rotatable bonds is 3. The van der Waals surface area contributed by atoms with E-state index in [1.165, 1.54) is 50.1 Å². The van der Waals surface area contributed by atoms with Crippen LogP contribution in [0.1, 0.15) is 68.4 Å². The fraction of sp³-hybridized carbons (Fsp3) is 0.346. The first-order chi connectivity index (χ1) is 12.7. The molecule has 0 N–H and O–H groups in total. The average molecular weight is 358 g/mol. The van der Waals surface area contributed by atoms with E-state index in [0.29, 0.717) is 5.92 Å². The first kappa shape index (κ1) is 19.4. The summed E-state index contributed by atoms with van der Waals surface area (Å²) >= 11 is 0. The quantitative estimate of drug-likeness (QED) is 0.504. The Balaban J connectivity index is 2.13. The largest absolute Gasteiger partial charge is 0.253 e. The molecule has 0 spiro atoms. The molecule has 0 heterocycles. The number of aryl methyl sites for hydroxylation is 3. The molecule has 0 bridgehead atoms. The second-order valence-corrected chi connectivity index (χ2v) is 8.08. The number of aliphatic imine (C=N–C) groups is 1. The summed E-state index contributed by atoms with van der Waals surface area (Å²) in [5, 5.41) is 0. The van der Waals surface area contributed by atoms with E-state index in [0.717, 1.165) is 11.4 Å². The zero-order valence-electron chi connectivity index (χ0n) is 18.0. The van der Waals surface area contributed by atoms with Crippen molar-refractivity contribution in [2.45, 2.75) is 61.3 Å². The lowest BCUT2D eigenvalue weighted by Crippen LogP contribution is -2.07. The highest BCUT2D eigenvalue weighted by molar-refractivity contribution is 6.02. The van der Waals surface area contributed by atoms with Crippen molar-refractivity contribution in [3.63, 3.8) is 0 Å². The van der Waals surface area contributed by atoms with E-state index in [4.69, 9.17) is 4.99 Å². The summed E-state index contributed by atoms with van der Waals surface area (Å²) in [7, 11) is 0. The molecule has 0 amide bonds. The van der Waals surface area contributed by atoms with Gasteiger partial charge < -0.3 is 0 Å². The minimum atomic E-state index is 0.367. The van der Waals surface area contributed by atoms with Gasteiger partial charge in [0.25, 0.3) is 0 Å². The molecule has 3 rings (SSSR count). The first-order valence-corrected chi connectivity index (χ1v) is 9.80. The van der Waals surface area contributed by atoms with Crippen LogP contribution in [0.15, 0.2) is 63.7 Å². The number of allylic oxidation sites excluding steroid dienone is 4. The summed E-state index contributed by atoms with van der Waals surface area (Å²) in [5.74, 6) is 0.367. The van der Waals surface area contributed by atoms with Crippen molar-refractivity contribution in [3.05, 3.63) is 86.5 Å². The molecule has 2 aromatic rings. The average Bonchev–Trinajstić information content (AvgIpc) is 2.81. The van der Waals surface area contributed by atoms with Crippen molar-refractivity contribution in [1.82, 2.24) is 0 Å². The molecular weight excluding hydrogens is 326 g/mol. The van der Waals surface area contributed by atoms with Crippen molar-refractivity contribution in [2.24, 2.45) is 4.99 Å². The van der Waals surface area contributed by atoms with Gasteiger partial charge >= 0.3 is 0 Å². The molecule has 1 aliphatic rings. The molecule has 1 nitrogen and oxygen atoms in total. The number of hydrogen-bond acceptors (Lipinski definition) is 1. The molecule has 0 radical (unpaired) electrons. The van der Waals surface area contributed by atoms with Gasteiger partial charge in [-0.15, -0.1) is 0 Å². The molecule has 27 heavy (non-hydrogen) atoms. The van der Waals surface area contributed by atoms with E-state index in [1.807, 2.05) is 0 Å². The highest BCUT2D eigenvalue weighted by atomic mass is 14.8. The summed E-state index contributed by atoms with van der Waals surface area (Å²) in [6.07, 6.45) is 0. The molecule has 1 aliphatic carbocycles. The topological polar surface area (TPSA) is 12.4 Å². The third kappa shape index (κ3) is 3.43. The van der Waals surface area contributed by atoms with Crippen LogP contribution in [-0.2, 0) is 0 Å². The lowest BCUT2D eigenvalue weighted by Gasteiger charge is -2.20. The van der Waals surface area contributed by atoms with E-state index >= 15 is 0 Å². The second kappa shape index (κ2) is 7.31. The van der Waals surface area contributed by atoms with Gasteiger partial charge in [-0.25, -0.2) is 0 Å². The Morgan fingerprint density at radius 2 is 1.30 bits per heavy atom. The van der Waals surface area contributed by atoms with Gasteiger partial charge in [-0.2, -0.15) is 0 Å². The van der Waals surface area contributed by atoms with Crippen molar-refractivity contribution >= 4 is 11.4 Å². The fourth-order valence-corrected chi connectivity index (χ4v) is 4.47. The summed E-state index contributed by atoms with van der Waals surface area (Å²) in [6, 6.07) is 13.2. The highest BCUT2D eigenvalue weighted by Gasteiger charge is 2.27. The third-order valence-corrected chi connectivity index (χ3v) is 6.19. The summed E-state index contributed by atoms with van der Waals surface area (Å²) in [4.78, 5) is 5.07. The van der Waals surface area contributed by atoms with E-state index in [-0.39, 0.29) is 0 Å². The third-order valence-electron chi connectivity index (χ3n) is 6.19. The lowest BCUT2D eigenvalue weighted by atomic mass is 9.85. The summed E-state index contributed by atoms with van der Waals surface area (Å²) in [5.41, 5.74) is 14.4. The van der Waals surface area contributed by atoms with Crippen LogP contribution in [0.5, 0.6) is 0 Å². The Labute approximate surface area is 164 Å². The van der Waals surface area contributed by atoms with E-state index < -0.39 is 0 Å². The van der Waals surface area contributed by atoms with Crippen molar-refractivity contribution in [3.8, 4) is 0 Å². The number of nitrogens with zero attached hydrogens (tertiary/aromatic N) is 1. The predicted octanol–water partition coefficient (Wildman–Crippen LogP) is 7.52. The van der Waals surface area contributed by atoms with Gasteiger partial charge in [0.15, 0.2) is 0 Å². The van der Waals surface area contributed by atoms with Crippen molar-refractivity contribution in [1.29, 1.82) is 0 Å². The van der Waals surface area contributed by atoms with Crippen LogP contribution in [0.2, 0.25) is 0 Å². The molecule has 0 saturated carbocycles. The second-order valence-electron chi connectivity index (χ2n) is 8.08. The van der Waals surface area contributed by atoms with Gasteiger partial charge in [0.05, 0.1) is 5.69 Å². The smallest absolute Gasteiger partial charge is 0.0691 e. The van der Waals surface area contributed by atoms with Crippen LogP contribution in [-0.4, -0.2) is 5.71 Å². The van der Waals surface area contributed by atoms with Crippen LogP contribution in [0, 0.1) is 20.8 Å². The molecule has 0 saturated heterocycles. The first-order valence-electron chi connectivity index (χ1n) is 9.80. The molecule has 0 aliphatic heterocycles. The van der Waals surface area contributed by atoms with E-state index in [1.54, 1.807) is 0 Å². The minimum Gasteiger partial charge on any atom is -0.253 e. The van der Waals surface area contributed by atoms with Gasteiger partial charge in [-0.05, 0) is 88.8 Å². The number of hydrogen-bond donors (Lipinski definition) is 0. The SMILES string of the molecule is CC(=Nc1c(C)cc(C)cc1C)c1ccccc1C1C(C)=C(C)C(C)=C1C. The monoisotopic (exact) mass is 357 g/mol. The molecule has 2 aromatic carbocycles. The maximum atomic E-state index is 5.07. The van der Waals surface area contributed by atoms with E-state index in [9.17, 15) is 0 Å². The van der Waals surface area contributed by atoms with Gasteiger partial charge in [0, 0.05) is 11.6 Å². The summed E-state index contributed by atoms with van der Waals surface area (Å²) < 4.78 is 0. The van der Waals surface area contributed by atoms with Crippen LogP contribution in [0.3, 0.4) is 0 Å². The highest BCUT2D eigenvalue weighted by Crippen LogP contribution is 2.44. The molecule has 0 aromatic heterocycles. The minimum absolute atomic E-state index is 0.367. The van der Waals surface area contributed by atoms with Crippen molar-refractivity contribution in [2.75, 3.05) is 0 Å². The Bertz CT molecular complexity index is 952. The Kier molecular flexibility index (Phi) is 5.24. The van der Waals surface area contributed by atoms with Gasteiger partial charge in [0.1, 0.15) is 0 Å². The standard InChI is InChI=1S/C26H31N/c1-15-13-16(2)26(17(3)14-15)27-22(8)23-11-9-10-12-24(23)25-20(6)18(4)19(5)21(25)7/h9-14,25H,1-8H3. The van der Waals surface area contributed by atoms with Gasteiger partial charge in [-0.3, -0.25) is 4.99 Å². The fourth-order valence-electron chi connectivity index (χ4n) is 4.47. The lowest BCUT2D eigenvalue weighted by molar-refractivity contribution is 0.932. The normalized spacial score (nSPS) is 15.9. The predicted molar refractivity (Wildman–Crippen MR) is 118 cm³/mol. The Hall–Kier alpha value is -2.41. The maximum absolute atomic E-state index is 5.07. The molecule has 1 heteroatoms. The number of benzene rings is 2. The molecule has 0 unspecified atom stereocenters. The van der Waals surface area contributed by atoms with Crippen molar-refractivity contribution < 1.29 is 0 Å². The van der Waals surface area contributed by atoms with Crippen LogP contribution in [0.25, 0.3) is 0 Å². The zero-order chi connectivity index (χ0) is 19.9. The molecule has 0 fully saturated rings. The summed E-state index contributed by atoms with van der Waals surface area (Å²) in [6.45, 7) is 17.6. The zero-order valence-corrected chi connectivity index (χ0v) is 18.0. The molecule has 140 valence electrons.